The van der Waals surface area contributed by atoms with Crippen molar-refractivity contribution in [1.29, 1.82) is 0 Å². The van der Waals surface area contributed by atoms with Crippen LogP contribution in [0.5, 0.6) is 0 Å². The molecule has 0 aromatic heterocycles. The molecule has 0 saturated carbocycles. The first-order valence-corrected chi connectivity index (χ1v) is 5.26. The summed E-state index contributed by atoms with van der Waals surface area (Å²) in [5.41, 5.74) is -0.616. The molecule has 0 spiro atoms. The summed E-state index contributed by atoms with van der Waals surface area (Å²) < 4.78 is 31.0. The summed E-state index contributed by atoms with van der Waals surface area (Å²) in [6, 6.07) is -0.585. The van der Waals surface area contributed by atoms with E-state index >= 15 is 0 Å². The number of hydrogen-bond acceptors (Lipinski definition) is 3. The van der Waals surface area contributed by atoms with Gasteiger partial charge in [0, 0.05) is 13.0 Å². The van der Waals surface area contributed by atoms with E-state index < -0.39 is 23.7 Å². The Labute approximate surface area is 93.7 Å². The van der Waals surface area contributed by atoms with Crippen molar-refractivity contribution in [3.05, 3.63) is 0 Å². The van der Waals surface area contributed by atoms with Crippen LogP contribution < -0.4 is 10.6 Å². The van der Waals surface area contributed by atoms with Crippen molar-refractivity contribution < 1.29 is 18.3 Å². The molecule has 0 bridgehead atoms. The number of piperidine rings is 1. The number of amides is 1. The van der Waals surface area contributed by atoms with Gasteiger partial charge >= 0.3 is 6.09 Å². The van der Waals surface area contributed by atoms with E-state index in [0.717, 1.165) is 0 Å². The van der Waals surface area contributed by atoms with Crippen LogP contribution in [0.3, 0.4) is 0 Å². The smallest absolute Gasteiger partial charge is 0.407 e. The summed E-state index contributed by atoms with van der Waals surface area (Å²) in [4.78, 5) is 11.3. The van der Waals surface area contributed by atoms with E-state index in [9.17, 15) is 13.6 Å². The lowest BCUT2D eigenvalue weighted by Gasteiger charge is -2.31. The van der Waals surface area contributed by atoms with Gasteiger partial charge < -0.3 is 15.4 Å². The second-order valence-corrected chi connectivity index (χ2v) is 5.03. The number of carbonyl (C=O) groups is 1. The second-order valence-electron chi connectivity index (χ2n) is 5.03. The van der Waals surface area contributed by atoms with E-state index in [1.807, 2.05) is 0 Å². The van der Waals surface area contributed by atoms with Gasteiger partial charge in [-0.3, -0.25) is 0 Å². The number of rotatable bonds is 1. The number of alkyl carbamates (subject to hydrolysis) is 1. The molecule has 0 aliphatic carbocycles. The number of hydrogen-bond donors (Lipinski definition) is 2. The Bertz CT molecular complexity index is 264. The predicted molar refractivity (Wildman–Crippen MR) is 55.6 cm³/mol. The van der Waals surface area contributed by atoms with Crippen molar-refractivity contribution in [2.75, 3.05) is 13.1 Å². The minimum absolute atomic E-state index is 0.334. The lowest BCUT2D eigenvalue weighted by Crippen LogP contribution is -2.54. The van der Waals surface area contributed by atoms with Crippen molar-refractivity contribution >= 4 is 6.09 Å². The van der Waals surface area contributed by atoms with E-state index in [0.29, 0.717) is 6.54 Å². The predicted octanol–water partition coefficient (Wildman–Crippen LogP) is 1.51. The summed E-state index contributed by atoms with van der Waals surface area (Å²) in [5.74, 6) is -2.77. The van der Waals surface area contributed by atoms with Gasteiger partial charge in [0.25, 0.3) is 5.92 Å². The van der Waals surface area contributed by atoms with Crippen molar-refractivity contribution in [3.8, 4) is 0 Å². The Morgan fingerprint density at radius 3 is 2.62 bits per heavy atom. The van der Waals surface area contributed by atoms with Crippen LogP contribution in [0.2, 0.25) is 0 Å². The molecule has 2 N–H and O–H groups in total. The number of nitrogens with one attached hydrogen (secondary N) is 2. The average Bonchev–Trinajstić information content (AvgIpc) is 1.96. The van der Waals surface area contributed by atoms with Crippen LogP contribution in [-0.4, -0.2) is 36.7 Å². The number of ether oxygens (including phenoxy) is 1. The van der Waals surface area contributed by atoms with Crippen LogP contribution in [0.4, 0.5) is 13.6 Å². The first kappa shape index (κ1) is 13.2. The highest BCUT2D eigenvalue weighted by Crippen LogP contribution is 2.22. The molecule has 1 atom stereocenters. The van der Waals surface area contributed by atoms with Crippen LogP contribution >= 0.6 is 0 Å². The van der Waals surface area contributed by atoms with Gasteiger partial charge in [-0.2, -0.15) is 0 Å². The van der Waals surface area contributed by atoms with Gasteiger partial charge in [-0.05, 0) is 20.8 Å². The molecule has 1 saturated heterocycles. The van der Waals surface area contributed by atoms with E-state index in [2.05, 4.69) is 10.6 Å². The highest BCUT2D eigenvalue weighted by atomic mass is 19.3. The van der Waals surface area contributed by atoms with Gasteiger partial charge in [0.15, 0.2) is 0 Å². The molecule has 6 heteroatoms. The SMILES string of the molecule is CC(C)(C)OC(=O)NC1CNCC(F)(F)C1. The maximum absolute atomic E-state index is 13.0. The molecule has 1 aliphatic heterocycles. The molecule has 94 valence electrons. The molecule has 1 unspecified atom stereocenters. The van der Waals surface area contributed by atoms with E-state index in [-0.39, 0.29) is 13.0 Å². The fourth-order valence-electron chi connectivity index (χ4n) is 1.51. The van der Waals surface area contributed by atoms with Crippen molar-refractivity contribution in [1.82, 2.24) is 10.6 Å². The third kappa shape index (κ3) is 4.74. The maximum Gasteiger partial charge on any atom is 0.407 e. The molecule has 4 nitrogen and oxygen atoms in total. The Balaban J connectivity index is 2.40. The summed E-state index contributed by atoms with van der Waals surface area (Å²) in [5, 5.41) is 5.00. The van der Waals surface area contributed by atoms with Crippen LogP contribution in [-0.2, 0) is 4.74 Å². The molecule has 1 rings (SSSR count). The summed E-state index contributed by atoms with van der Waals surface area (Å²) in [6.07, 6.45) is -1.00. The molecule has 1 fully saturated rings. The zero-order chi connectivity index (χ0) is 12.4. The third-order valence-corrected chi connectivity index (χ3v) is 2.04. The summed E-state index contributed by atoms with van der Waals surface area (Å²) >= 11 is 0. The van der Waals surface area contributed by atoms with E-state index in [4.69, 9.17) is 4.74 Å². The van der Waals surface area contributed by atoms with Gasteiger partial charge in [-0.25, -0.2) is 13.6 Å². The first-order valence-electron chi connectivity index (χ1n) is 5.26. The van der Waals surface area contributed by atoms with Crippen LogP contribution in [0, 0.1) is 0 Å². The number of halogens is 2. The molecule has 0 aromatic rings. The third-order valence-electron chi connectivity index (χ3n) is 2.04. The first-order chi connectivity index (χ1) is 7.18. The fourth-order valence-corrected chi connectivity index (χ4v) is 1.51. The zero-order valence-corrected chi connectivity index (χ0v) is 9.77. The highest BCUT2D eigenvalue weighted by molar-refractivity contribution is 5.68. The van der Waals surface area contributed by atoms with Crippen molar-refractivity contribution in [2.45, 2.75) is 44.8 Å². The largest absolute Gasteiger partial charge is 0.444 e. The number of carbonyl (C=O) groups excluding carboxylic acids is 1. The minimum atomic E-state index is -2.77. The van der Waals surface area contributed by atoms with E-state index in [1.165, 1.54) is 0 Å². The molecule has 0 radical (unpaired) electrons. The van der Waals surface area contributed by atoms with Crippen molar-refractivity contribution in [3.63, 3.8) is 0 Å². The Hall–Kier alpha value is -0.910. The van der Waals surface area contributed by atoms with Gasteiger partial charge in [0.05, 0.1) is 12.6 Å². The van der Waals surface area contributed by atoms with Gasteiger partial charge in [-0.1, -0.05) is 0 Å². The fraction of sp³-hybridized carbons (Fsp3) is 0.900. The average molecular weight is 236 g/mol. The second kappa shape index (κ2) is 4.53. The Morgan fingerprint density at radius 1 is 1.50 bits per heavy atom. The van der Waals surface area contributed by atoms with Gasteiger partial charge in [0.1, 0.15) is 5.60 Å². The van der Waals surface area contributed by atoms with Gasteiger partial charge in [-0.15, -0.1) is 0 Å². The van der Waals surface area contributed by atoms with E-state index in [1.54, 1.807) is 20.8 Å². The minimum Gasteiger partial charge on any atom is -0.444 e. The lowest BCUT2D eigenvalue weighted by molar-refractivity contribution is -0.0322. The summed E-state index contributed by atoms with van der Waals surface area (Å²) in [7, 11) is 0. The maximum atomic E-state index is 13.0. The molecule has 1 heterocycles. The zero-order valence-electron chi connectivity index (χ0n) is 9.77. The molecule has 0 aromatic carbocycles. The molecule has 16 heavy (non-hydrogen) atoms. The van der Waals surface area contributed by atoms with Crippen molar-refractivity contribution in [2.24, 2.45) is 0 Å². The standard InChI is InChI=1S/C10H18F2N2O2/c1-9(2,3)16-8(15)14-7-4-10(11,12)6-13-5-7/h7,13H,4-6H2,1-3H3,(H,14,15). The Morgan fingerprint density at radius 2 is 2.12 bits per heavy atom. The quantitative estimate of drug-likeness (QED) is 0.725. The van der Waals surface area contributed by atoms with Crippen LogP contribution in [0.15, 0.2) is 0 Å². The number of alkyl halides is 2. The lowest BCUT2D eigenvalue weighted by atomic mass is 10.0. The summed E-state index contributed by atoms with van der Waals surface area (Å²) in [6.45, 7) is 5.18. The normalized spacial score (nSPS) is 24.9. The highest BCUT2D eigenvalue weighted by Gasteiger charge is 2.37. The van der Waals surface area contributed by atoms with Gasteiger partial charge in [0.2, 0.25) is 0 Å². The van der Waals surface area contributed by atoms with Crippen LogP contribution in [0.1, 0.15) is 27.2 Å². The topological polar surface area (TPSA) is 50.4 Å². The molecule has 1 amide bonds. The molecular weight excluding hydrogens is 218 g/mol. The Kier molecular flexibility index (Phi) is 3.72. The monoisotopic (exact) mass is 236 g/mol. The van der Waals surface area contributed by atoms with Crippen LogP contribution in [0.25, 0.3) is 0 Å². The molecular formula is C10H18F2N2O2. The molecule has 1 aliphatic rings.